The predicted octanol–water partition coefficient (Wildman–Crippen LogP) is 1.97. The number of ketones is 1. The summed E-state index contributed by atoms with van der Waals surface area (Å²) in [6.07, 6.45) is 3.93. The minimum Gasteiger partial charge on any atom is -0.448 e. The highest BCUT2D eigenvalue weighted by Gasteiger charge is 2.57. The van der Waals surface area contributed by atoms with E-state index in [1.807, 2.05) is 36.4 Å². The Hall–Kier alpha value is -2.63. The van der Waals surface area contributed by atoms with Crippen molar-refractivity contribution in [2.45, 2.75) is 18.0 Å². The van der Waals surface area contributed by atoms with Crippen molar-refractivity contribution in [2.24, 2.45) is 11.8 Å². The number of hydrogen-bond acceptors (Lipinski definition) is 5. The molecule has 4 atom stereocenters. The van der Waals surface area contributed by atoms with Crippen LogP contribution in [-0.2, 0) is 4.79 Å². The summed E-state index contributed by atoms with van der Waals surface area (Å²) < 4.78 is 12.4. The first-order valence-electron chi connectivity index (χ1n) is 8.26. The van der Waals surface area contributed by atoms with Gasteiger partial charge in [0.1, 0.15) is 11.5 Å². The van der Waals surface area contributed by atoms with Gasteiger partial charge in [-0.2, -0.15) is 0 Å². The molecule has 5 heteroatoms. The maximum absolute atomic E-state index is 12.3. The van der Waals surface area contributed by atoms with Gasteiger partial charge in [0, 0.05) is 0 Å². The Morgan fingerprint density at radius 1 is 0.920 bits per heavy atom. The molecule has 2 aromatic rings. The third-order valence-electron chi connectivity index (χ3n) is 5.27. The van der Waals surface area contributed by atoms with Gasteiger partial charge in [0.05, 0.1) is 29.4 Å². The molecule has 1 aliphatic heterocycles. The number of carbonyl (C=O) groups excluding carboxylic acids is 1. The normalized spacial score (nSPS) is 31.5. The van der Waals surface area contributed by atoms with Crippen LogP contribution >= 0.6 is 0 Å². The molecule has 126 valence electrons. The van der Waals surface area contributed by atoms with Crippen molar-refractivity contribution in [1.29, 1.82) is 0 Å². The number of ether oxygens (including phenoxy) is 2. The summed E-state index contributed by atoms with van der Waals surface area (Å²) in [5.41, 5.74) is 0. The van der Waals surface area contributed by atoms with Gasteiger partial charge in [-0.15, -0.1) is 0 Å². The molecule has 0 saturated carbocycles. The molecule has 0 amide bonds. The molecule has 2 aromatic carbocycles. The average Bonchev–Trinajstić information content (AvgIpc) is 2.61. The number of hydrogen-bond donors (Lipinski definition) is 2. The van der Waals surface area contributed by atoms with Gasteiger partial charge in [0.15, 0.2) is 5.78 Å². The summed E-state index contributed by atoms with van der Waals surface area (Å²) in [5.74, 6) is -1.87. The smallest absolute Gasteiger partial charge is 0.277 e. The van der Waals surface area contributed by atoms with E-state index in [0.29, 0.717) is 11.5 Å². The molecule has 0 unspecified atom stereocenters. The van der Waals surface area contributed by atoms with Crippen molar-refractivity contribution in [1.82, 2.24) is 0 Å². The van der Waals surface area contributed by atoms with Crippen molar-refractivity contribution >= 4 is 16.6 Å². The Morgan fingerprint density at radius 3 is 2.28 bits per heavy atom. The summed E-state index contributed by atoms with van der Waals surface area (Å²) in [6, 6.07) is 11.4. The van der Waals surface area contributed by atoms with Crippen LogP contribution < -0.4 is 9.47 Å². The fourth-order valence-corrected chi connectivity index (χ4v) is 4.16. The quantitative estimate of drug-likeness (QED) is 0.720. The maximum Gasteiger partial charge on any atom is 0.277 e. The number of allylic oxidation sites excluding steroid dienone is 1. The highest BCUT2D eigenvalue weighted by atomic mass is 16.7. The van der Waals surface area contributed by atoms with Crippen LogP contribution in [-0.4, -0.2) is 34.0 Å². The zero-order chi connectivity index (χ0) is 17.2. The second-order valence-electron chi connectivity index (χ2n) is 6.69. The Balaban J connectivity index is 1.70. The van der Waals surface area contributed by atoms with Crippen molar-refractivity contribution in [3.8, 4) is 11.5 Å². The average molecular weight is 336 g/mol. The molecule has 2 N–H and O–H groups in total. The first-order chi connectivity index (χ1) is 12.1. The molecular formula is C20H16O5. The van der Waals surface area contributed by atoms with E-state index in [0.717, 1.165) is 10.8 Å². The standard InChI is InChI=1S/C20H16O5/c21-12-7-8-14(23)19-18(12)13(22)9-10-20(19)24-15-5-1-3-11-4-2-6-16(25-20)17(11)15/h1-10,13-14,18-19,22-23H/t13-,14+,18-,19+/m0/s1. The molecule has 0 aromatic heterocycles. The summed E-state index contributed by atoms with van der Waals surface area (Å²) in [6.45, 7) is 0. The van der Waals surface area contributed by atoms with E-state index >= 15 is 0 Å². The Kier molecular flexibility index (Phi) is 2.90. The molecule has 0 bridgehead atoms. The second kappa shape index (κ2) is 4.94. The number of fused-ring (bicyclic) bond motifs is 2. The van der Waals surface area contributed by atoms with Crippen LogP contribution in [0.3, 0.4) is 0 Å². The van der Waals surface area contributed by atoms with Crippen LogP contribution in [0.1, 0.15) is 0 Å². The molecule has 1 heterocycles. The molecule has 5 rings (SSSR count). The second-order valence-corrected chi connectivity index (χ2v) is 6.69. The van der Waals surface area contributed by atoms with Gasteiger partial charge in [0.2, 0.25) is 0 Å². The van der Waals surface area contributed by atoms with Crippen LogP contribution in [0.25, 0.3) is 10.8 Å². The molecule has 25 heavy (non-hydrogen) atoms. The molecule has 1 spiro atoms. The number of carbonyl (C=O) groups is 1. The van der Waals surface area contributed by atoms with E-state index in [4.69, 9.17) is 9.47 Å². The molecule has 0 fully saturated rings. The first kappa shape index (κ1) is 14.7. The largest absolute Gasteiger partial charge is 0.448 e. The van der Waals surface area contributed by atoms with E-state index in [9.17, 15) is 15.0 Å². The van der Waals surface area contributed by atoms with Crippen molar-refractivity contribution < 1.29 is 24.5 Å². The van der Waals surface area contributed by atoms with Crippen LogP contribution in [0.5, 0.6) is 11.5 Å². The number of rotatable bonds is 0. The number of aliphatic hydroxyl groups is 2. The highest BCUT2D eigenvalue weighted by Crippen LogP contribution is 2.49. The van der Waals surface area contributed by atoms with Crippen molar-refractivity contribution in [3.05, 3.63) is 60.7 Å². The lowest BCUT2D eigenvalue weighted by Crippen LogP contribution is -2.61. The molecule has 0 saturated heterocycles. The van der Waals surface area contributed by atoms with E-state index in [-0.39, 0.29) is 5.78 Å². The fraction of sp³-hybridized carbons (Fsp3) is 0.250. The molecular weight excluding hydrogens is 320 g/mol. The SMILES string of the molecule is O=C1C=C[C@@H](O)[C@@H]2[C@@H]1[C@@H](O)C=CC21Oc2cccc3cccc(c23)O1. The summed E-state index contributed by atoms with van der Waals surface area (Å²) in [7, 11) is 0. The predicted molar refractivity (Wildman–Crippen MR) is 90.2 cm³/mol. The minimum atomic E-state index is -1.34. The van der Waals surface area contributed by atoms with Gasteiger partial charge in [-0.1, -0.05) is 36.4 Å². The first-order valence-corrected chi connectivity index (χ1v) is 8.26. The van der Waals surface area contributed by atoms with Crippen LogP contribution in [0.15, 0.2) is 60.7 Å². The monoisotopic (exact) mass is 336 g/mol. The van der Waals surface area contributed by atoms with Gasteiger partial charge in [-0.05, 0) is 29.7 Å². The summed E-state index contributed by atoms with van der Waals surface area (Å²) >= 11 is 0. The van der Waals surface area contributed by atoms with Crippen LogP contribution in [0.2, 0.25) is 0 Å². The summed E-state index contributed by atoms with van der Waals surface area (Å²) in [4.78, 5) is 12.3. The topological polar surface area (TPSA) is 76.0 Å². The molecule has 5 nitrogen and oxygen atoms in total. The lowest BCUT2D eigenvalue weighted by molar-refractivity contribution is -0.182. The van der Waals surface area contributed by atoms with Gasteiger partial charge in [-0.3, -0.25) is 4.79 Å². The number of aliphatic hydroxyl groups excluding tert-OH is 2. The van der Waals surface area contributed by atoms with Crippen LogP contribution in [0.4, 0.5) is 0 Å². The molecule has 0 radical (unpaired) electrons. The van der Waals surface area contributed by atoms with Crippen LogP contribution in [0, 0.1) is 11.8 Å². The van der Waals surface area contributed by atoms with Gasteiger partial charge in [-0.25, -0.2) is 0 Å². The Bertz CT molecular complexity index is 904. The molecule has 3 aliphatic rings. The zero-order valence-corrected chi connectivity index (χ0v) is 13.2. The fourth-order valence-electron chi connectivity index (χ4n) is 4.16. The minimum absolute atomic E-state index is 0.240. The Morgan fingerprint density at radius 2 is 1.60 bits per heavy atom. The van der Waals surface area contributed by atoms with Gasteiger partial charge in [0.25, 0.3) is 5.79 Å². The Labute approximate surface area is 143 Å². The van der Waals surface area contributed by atoms with Crippen molar-refractivity contribution in [2.75, 3.05) is 0 Å². The molecule has 2 aliphatic carbocycles. The zero-order valence-electron chi connectivity index (χ0n) is 13.2. The van der Waals surface area contributed by atoms with E-state index in [1.165, 1.54) is 18.2 Å². The van der Waals surface area contributed by atoms with Crippen molar-refractivity contribution in [3.63, 3.8) is 0 Å². The van der Waals surface area contributed by atoms with E-state index in [2.05, 4.69) is 0 Å². The van der Waals surface area contributed by atoms with Gasteiger partial charge >= 0.3 is 0 Å². The van der Waals surface area contributed by atoms with Gasteiger partial charge < -0.3 is 19.7 Å². The lowest BCUT2D eigenvalue weighted by atomic mass is 9.69. The third-order valence-corrected chi connectivity index (χ3v) is 5.27. The highest BCUT2D eigenvalue weighted by molar-refractivity contribution is 5.95. The third kappa shape index (κ3) is 1.94. The lowest BCUT2D eigenvalue weighted by Gasteiger charge is -2.48. The van der Waals surface area contributed by atoms with E-state index < -0.39 is 29.8 Å². The maximum atomic E-state index is 12.3. The van der Waals surface area contributed by atoms with E-state index in [1.54, 1.807) is 6.08 Å². The number of benzene rings is 2. The summed E-state index contributed by atoms with van der Waals surface area (Å²) in [5, 5.41) is 22.7.